The van der Waals surface area contributed by atoms with Crippen LogP contribution in [0.5, 0.6) is 0 Å². The minimum Gasteiger partial charge on any atom is -0.298 e. The second-order valence-corrected chi connectivity index (χ2v) is 4.20. The van der Waals surface area contributed by atoms with Crippen LogP contribution in [0.1, 0.15) is 18.1 Å². The predicted octanol–water partition coefficient (Wildman–Crippen LogP) is 3.36. The molecule has 0 saturated heterocycles. The van der Waals surface area contributed by atoms with Crippen molar-refractivity contribution < 1.29 is 4.79 Å². The number of benzene rings is 1. The largest absolute Gasteiger partial charge is 0.298 e. The Kier molecular flexibility index (Phi) is 4.63. The van der Waals surface area contributed by atoms with Crippen LogP contribution in [-0.2, 0) is 17.6 Å². The van der Waals surface area contributed by atoms with E-state index < -0.39 is 0 Å². The molecule has 0 atom stereocenters. The summed E-state index contributed by atoms with van der Waals surface area (Å²) in [6.45, 7) is 2.08. The van der Waals surface area contributed by atoms with Gasteiger partial charge in [-0.15, -0.1) is 11.6 Å². The minimum atomic E-state index is 0.0632. The molecule has 0 aromatic heterocycles. The van der Waals surface area contributed by atoms with Gasteiger partial charge in [-0.05, 0) is 23.6 Å². The van der Waals surface area contributed by atoms with Crippen LogP contribution in [0.4, 0.5) is 0 Å². The highest BCUT2D eigenvalue weighted by atomic mass is 79.9. The fourth-order valence-electron chi connectivity index (χ4n) is 1.38. The first-order valence-electron chi connectivity index (χ1n) is 4.53. The van der Waals surface area contributed by atoms with Crippen LogP contribution < -0.4 is 0 Å². The van der Waals surface area contributed by atoms with Crippen LogP contribution in [0.3, 0.4) is 0 Å². The summed E-state index contributed by atoms with van der Waals surface area (Å²) in [4.78, 5) is 11.2. The predicted molar refractivity (Wildman–Crippen MR) is 63.0 cm³/mol. The number of hydrogen-bond acceptors (Lipinski definition) is 1. The monoisotopic (exact) mass is 274 g/mol. The van der Waals surface area contributed by atoms with Gasteiger partial charge in [-0.2, -0.15) is 0 Å². The van der Waals surface area contributed by atoms with E-state index in [4.69, 9.17) is 11.6 Å². The third-order valence-corrected chi connectivity index (χ3v) is 3.16. The number of carbonyl (C=O) groups is 1. The number of Topliss-reactive ketones (excluding diaryl/α,β-unsaturated/α-hetero) is 1. The Morgan fingerprint density at radius 1 is 1.50 bits per heavy atom. The number of halogens is 2. The molecule has 0 spiro atoms. The second-order valence-electron chi connectivity index (χ2n) is 3.08. The molecule has 0 bridgehead atoms. The van der Waals surface area contributed by atoms with Gasteiger partial charge < -0.3 is 0 Å². The molecule has 0 aliphatic rings. The zero-order valence-electron chi connectivity index (χ0n) is 8.02. The van der Waals surface area contributed by atoms with E-state index in [1.165, 1.54) is 5.56 Å². The van der Waals surface area contributed by atoms with Crippen molar-refractivity contribution in [3.8, 4) is 0 Å². The van der Waals surface area contributed by atoms with Crippen LogP contribution in [0, 0.1) is 0 Å². The zero-order valence-corrected chi connectivity index (χ0v) is 10.4. The quantitative estimate of drug-likeness (QED) is 0.770. The molecular formula is C11H12BrClO. The molecule has 1 nitrogen and oxygen atoms in total. The van der Waals surface area contributed by atoms with Gasteiger partial charge in [0.25, 0.3) is 0 Å². The molecule has 0 saturated carbocycles. The molecule has 14 heavy (non-hydrogen) atoms. The van der Waals surface area contributed by atoms with Crippen molar-refractivity contribution in [3.05, 3.63) is 33.8 Å². The lowest BCUT2D eigenvalue weighted by Crippen LogP contribution is -2.06. The smallest absolute Gasteiger partial charge is 0.152 e. The Balaban J connectivity index is 2.98. The first-order chi connectivity index (χ1) is 6.69. The normalized spacial score (nSPS) is 10.2. The molecule has 1 aromatic carbocycles. The first-order valence-corrected chi connectivity index (χ1v) is 5.85. The van der Waals surface area contributed by atoms with E-state index in [0.29, 0.717) is 6.42 Å². The zero-order chi connectivity index (χ0) is 10.6. The topological polar surface area (TPSA) is 17.1 Å². The number of ketones is 1. The van der Waals surface area contributed by atoms with Crippen molar-refractivity contribution in [2.45, 2.75) is 19.8 Å². The average Bonchev–Trinajstić information content (AvgIpc) is 2.20. The Bertz CT molecular complexity index is 336. The van der Waals surface area contributed by atoms with E-state index >= 15 is 0 Å². The molecule has 0 heterocycles. The number of hydrogen-bond donors (Lipinski definition) is 0. The van der Waals surface area contributed by atoms with Gasteiger partial charge in [0, 0.05) is 10.9 Å². The maximum absolute atomic E-state index is 11.2. The molecule has 1 rings (SSSR count). The Morgan fingerprint density at radius 3 is 2.79 bits per heavy atom. The third-order valence-electron chi connectivity index (χ3n) is 2.12. The Morgan fingerprint density at radius 2 is 2.21 bits per heavy atom. The van der Waals surface area contributed by atoms with Gasteiger partial charge in [-0.25, -0.2) is 0 Å². The van der Waals surface area contributed by atoms with Crippen molar-refractivity contribution >= 4 is 33.3 Å². The summed E-state index contributed by atoms with van der Waals surface area (Å²) >= 11 is 8.94. The highest BCUT2D eigenvalue weighted by molar-refractivity contribution is 9.10. The number of rotatable bonds is 4. The number of aryl methyl sites for hydroxylation is 1. The molecule has 0 aliphatic heterocycles. The van der Waals surface area contributed by atoms with E-state index in [-0.39, 0.29) is 11.7 Å². The number of alkyl halides is 1. The second kappa shape index (κ2) is 5.52. The summed E-state index contributed by atoms with van der Waals surface area (Å²) in [5, 5.41) is 0. The summed E-state index contributed by atoms with van der Waals surface area (Å²) < 4.78 is 0.996. The van der Waals surface area contributed by atoms with Crippen molar-refractivity contribution in [1.29, 1.82) is 0 Å². The van der Waals surface area contributed by atoms with Crippen LogP contribution >= 0.6 is 27.5 Å². The summed E-state index contributed by atoms with van der Waals surface area (Å²) in [5.41, 5.74) is 2.28. The van der Waals surface area contributed by atoms with Gasteiger partial charge in [0.2, 0.25) is 0 Å². The standard InChI is InChI=1S/C11H12BrClO/c1-2-8-4-3-5-11(12)10(8)6-9(14)7-13/h3-5H,2,6-7H2,1H3. The summed E-state index contributed by atoms with van der Waals surface area (Å²) in [5.74, 6) is 0.151. The SMILES string of the molecule is CCc1cccc(Br)c1CC(=O)CCl. The minimum absolute atomic E-state index is 0.0632. The van der Waals surface area contributed by atoms with E-state index in [1.54, 1.807) is 0 Å². The molecule has 1 aromatic rings. The molecule has 0 fully saturated rings. The van der Waals surface area contributed by atoms with Crippen molar-refractivity contribution in [2.75, 3.05) is 5.88 Å². The number of carbonyl (C=O) groups excluding carboxylic acids is 1. The lowest BCUT2D eigenvalue weighted by atomic mass is 10.0. The van der Waals surface area contributed by atoms with Crippen LogP contribution in [-0.4, -0.2) is 11.7 Å². The molecule has 0 amide bonds. The Hall–Kier alpha value is -0.340. The Labute approximate surface area is 97.6 Å². The molecule has 0 aliphatic carbocycles. The van der Waals surface area contributed by atoms with Crippen LogP contribution in [0.25, 0.3) is 0 Å². The maximum atomic E-state index is 11.2. The maximum Gasteiger partial charge on any atom is 0.152 e. The molecular weight excluding hydrogens is 263 g/mol. The van der Waals surface area contributed by atoms with E-state index in [0.717, 1.165) is 16.5 Å². The highest BCUT2D eigenvalue weighted by Gasteiger charge is 2.09. The van der Waals surface area contributed by atoms with Crippen LogP contribution in [0.2, 0.25) is 0 Å². The average molecular weight is 276 g/mol. The van der Waals surface area contributed by atoms with Gasteiger partial charge in [-0.1, -0.05) is 35.0 Å². The van der Waals surface area contributed by atoms with E-state index in [1.807, 2.05) is 18.2 Å². The van der Waals surface area contributed by atoms with Crippen molar-refractivity contribution in [3.63, 3.8) is 0 Å². The lowest BCUT2D eigenvalue weighted by Gasteiger charge is -2.08. The molecule has 0 N–H and O–H groups in total. The van der Waals surface area contributed by atoms with E-state index in [9.17, 15) is 4.79 Å². The lowest BCUT2D eigenvalue weighted by molar-refractivity contribution is -0.116. The molecule has 0 radical (unpaired) electrons. The van der Waals surface area contributed by atoms with Gasteiger partial charge in [0.15, 0.2) is 5.78 Å². The first kappa shape index (κ1) is 11.7. The summed E-state index contributed by atoms with van der Waals surface area (Å²) in [6, 6.07) is 5.98. The third kappa shape index (κ3) is 2.82. The summed E-state index contributed by atoms with van der Waals surface area (Å²) in [6.07, 6.45) is 1.36. The fraction of sp³-hybridized carbons (Fsp3) is 0.364. The van der Waals surface area contributed by atoms with E-state index in [2.05, 4.69) is 22.9 Å². The van der Waals surface area contributed by atoms with Crippen molar-refractivity contribution in [1.82, 2.24) is 0 Å². The molecule has 76 valence electrons. The van der Waals surface area contributed by atoms with Gasteiger partial charge >= 0.3 is 0 Å². The van der Waals surface area contributed by atoms with Gasteiger partial charge in [0.1, 0.15) is 0 Å². The molecule has 3 heteroatoms. The summed E-state index contributed by atoms with van der Waals surface area (Å²) in [7, 11) is 0. The fourth-order valence-corrected chi connectivity index (χ4v) is 2.02. The van der Waals surface area contributed by atoms with Gasteiger partial charge in [0.05, 0.1) is 5.88 Å². The highest BCUT2D eigenvalue weighted by Crippen LogP contribution is 2.22. The molecule has 0 unspecified atom stereocenters. The van der Waals surface area contributed by atoms with Crippen LogP contribution in [0.15, 0.2) is 22.7 Å². The van der Waals surface area contributed by atoms with Gasteiger partial charge in [-0.3, -0.25) is 4.79 Å². The van der Waals surface area contributed by atoms with Crippen molar-refractivity contribution in [2.24, 2.45) is 0 Å².